The third-order valence-electron chi connectivity index (χ3n) is 2.52. The van der Waals surface area contributed by atoms with Crippen LogP contribution in [-0.4, -0.2) is 30.2 Å². The third-order valence-corrected chi connectivity index (χ3v) is 2.52. The van der Waals surface area contributed by atoms with Gasteiger partial charge in [0.25, 0.3) is 0 Å². The van der Waals surface area contributed by atoms with E-state index in [-0.39, 0.29) is 18.6 Å². The molecule has 2 unspecified atom stereocenters. The fourth-order valence-corrected chi connectivity index (χ4v) is 1.69. The summed E-state index contributed by atoms with van der Waals surface area (Å²) < 4.78 is 11.3. The van der Waals surface area contributed by atoms with E-state index in [1.54, 1.807) is 0 Å². The normalized spacial score (nSPS) is 35.8. The molecule has 0 aromatic rings. The zero-order valence-corrected chi connectivity index (χ0v) is 8.91. The van der Waals surface area contributed by atoms with E-state index in [0.717, 1.165) is 0 Å². The van der Waals surface area contributed by atoms with Crippen LogP contribution in [0, 0.1) is 11.8 Å². The molecule has 0 aromatic heterocycles. The molecular weight excluding hydrogens is 168 g/mol. The molecule has 3 atom stereocenters. The van der Waals surface area contributed by atoms with E-state index in [1.807, 2.05) is 20.8 Å². The molecule has 3 heteroatoms. The second kappa shape index (κ2) is 3.95. The smallest absolute Gasteiger partial charge is 0.163 e. The SMILES string of the molecule is CC(CO)[C@H]1OC(C)(C)OCC1C. The van der Waals surface area contributed by atoms with Crippen LogP contribution in [0.15, 0.2) is 0 Å². The zero-order valence-electron chi connectivity index (χ0n) is 8.91. The number of hydrogen-bond donors (Lipinski definition) is 1. The Morgan fingerprint density at radius 3 is 2.69 bits per heavy atom. The summed E-state index contributed by atoms with van der Waals surface area (Å²) in [4.78, 5) is 0. The maximum absolute atomic E-state index is 9.05. The molecule has 1 aliphatic rings. The van der Waals surface area contributed by atoms with E-state index >= 15 is 0 Å². The fraction of sp³-hybridized carbons (Fsp3) is 1.00. The van der Waals surface area contributed by atoms with Crippen molar-refractivity contribution in [3.8, 4) is 0 Å². The molecule has 1 aliphatic heterocycles. The number of aliphatic hydroxyl groups is 1. The van der Waals surface area contributed by atoms with Crippen LogP contribution in [0.5, 0.6) is 0 Å². The molecule has 0 radical (unpaired) electrons. The topological polar surface area (TPSA) is 38.7 Å². The van der Waals surface area contributed by atoms with E-state index in [1.165, 1.54) is 0 Å². The average molecular weight is 188 g/mol. The van der Waals surface area contributed by atoms with Crippen LogP contribution in [0.4, 0.5) is 0 Å². The molecule has 0 bridgehead atoms. The minimum absolute atomic E-state index is 0.105. The van der Waals surface area contributed by atoms with Gasteiger partial charge in [-0.25, -0.2) is 0 Å². The Kier molecular flexibility index (Phi) is 3.33. The molecule has 0 aliphatic carbocycles. The average Bonchev–Trinajstić information content (AvgIpc) is 2.08. The van der Waals surface area contributed by atoms with Crippen LogP contribution in [0.1, 0.15) is 27.7 Å². The first kappa shape index (κ1) is 11.0. The lowest BCUT2D eigenvalue weighted by molar-refractivity contribution is -0.300. The van der Waals surface area contributed by atoms with E-state index in [0.29, 0.717) is 12.5 Å². The summed E-state index contributed by atoms with van der Waals surface area (Å²) >= 11 is 0. The zero-order chi connectivity index (χ0) is 10.1. The minimum Gasteiger partial charge on any atom is -0.396 e. The lowest BCUT2D eigenvalue weighted by Gasteiger charge is -2.42. The van der Waals surface area contributed by atoms with Gasteiger partial charge in [0, 0.05) is 18.4 Å². The molecule has 3 nitrogen and oxygen atoms in total. The Labute approximate surface area is 80.0 Å². The largest absolute Gasteiger partial charge is 0.396 e. The van der Waals surface area contributed by atoms with Crippen LogP contribution < -0.4 is 0 Å². The van der Waals surface area contributed by atoms with Gasteiger partial charge in [-0.15, -0.1) is 0 Å². The van der Waals surface area contributed by atoms with Gasteiger partial charge < -0.3 is 14.6 Å². The molecule has 1 saturated heterocycles. The second-order valence-corrected chi connectivity index (χ2v) is 4.43. The summed E-state index contributed by atoms with van der Waals surface area (Å²) in [5.41, 5.74) is 0. The molecule has 0 spiro atoms. The maximum atomic E-state index is 9.05. The summed E-state index contributed by atoms with van der Waals surface area (Å²) in [6, 6.07) is 0. The van der Waals surface area contributed by atoms with Gasteiger partial charge in [-0.2, -0.15) is 0 Å². The van der Waals surface area contributed by atoms with Gasteiger partial charge >= 0.3 is 0 Å². The third kappa shape index (κ3) is 2.66. The molecule has 13 heavy (non-hydrogen) atoms. The van der Waals surface area contributed by atoms with Gasteiger partial charge in [0.05, 0.1) is 12.7 Å². The summed E-state index contributed by atoms with van der Waals surface area (Å²) in [5.74, 6) is 0.0361. The van der Waals surface area contributed by atoms with Gasteiger partial charge in [-0.1, -0.05) is 13.8 Å². The number of aliphatic hydroxyl groups excluding tert-OH is 1. The summed E-state index contributed by atoms with van der Waals surface area (Å²) in [6.45, 7) is 8.80. The maximum Gasteiger partial charge on any atom is 0.163 e. The Morgan fingerprint density at radius 2 is 2.15 bits per heavy atom. The van der Waals surface area contributed by atoms with Crippen molar-refractivity contribution in [2.45, 2.75) is 39.6 Å². The standard InChI is InChI=1S/C10H20O3/c1-7(5-11)9-8(2)6-12-10(3,4)13-9/h7-9,11H,5-6H2,1-4H3/t7?,8?,9-/m1/s1. The number of rotatable bonds is 2. The van der Waals surface area contributed by atoms with Crippen molar-refractivity contribution in [1.29, 1.82) is 0 Å². The van der Waals surface area contributed by atoms with E-state index < -0.39 is 5.79 Å². The summed E-state index contributed by atoms with van der Waals surface area (Å²) in [6.07, 6.45) is 0.105. The molecule has 0 aromatic carbocycles. The molecule has 1 N–H and O–H groups in total. The van der Waals surface area contributed by atoms with E-state index in [2.05, 4.69) is 6.92 Å². The highest BCUT2D eigenvalue weighted by molar-refractivity contribution is 4.78. The molecule has 0 saturated carbocycles. The van der Waals surface area contributed by atoms with Crippen LogP contribution >= 0.6 is 0 Å². The van der Waals surface area contributed by atoms with Crippen molar-refractivity contribution in [1.82, 2.24) is 0 Å². The predicted molar refractivity (Wildman–Crippen MR) is 50.3 cm³/mol. The molecular formula is C10H20O3. The molecule has 1 rings (SSSR count). The first-order valence-electron chi connectivity index (χ1n) is 4.89. The highest BCUT2D eigenvalue weighted by Gasteiger charge is 2.36. The Morgan fingerprint density at radius 1 is 1.54 bits per heavy atom. The molecule has 1 heterocycles. The van der Waals surface area contributed by atoms with Crippen molar-refractivity contribution in [2.24, 2.45) is 11.8 Å². The fourth-order valence-electron chi connectivity index (χ4n) is 1.69. The first-order chi connectivity index (χ1) is 5.96. The van der Waals surface area contributed by atoms with Crippen LogP contribution in [0.25, 0.3) is 0 Å². The Hall–Kier alpha value is -0.120. The van der Waals surface area contributed by atoms with Crippen LogP contribution in [0.2, 0.25) is 0 Å². The monoisotopic (exact) mass is 188 g/mol. The van der Waals surface area contributed by atoms with Crippen molar-refractivity contribution in [3.63, 3.8) is 0 Å². The quantitative estimate of drug-likeness (QED) is 0.712. The second-order valence-electron chi connectivity index (χ2n) is 4.43. The van der Waals surface area contributed by atoms with Gasteiger partial charge in [0.15, 0.2) is 5.79 Å². The Bertz CT molecular complexity index is 164. The molecule has 0 amide bonds. The first-order valence-corrected chi connectivity index (χ1v) is 4.89. The van der Waals surface area contributed by atoms with Gasteiger partial charge in [-0.3, -0.25) is 0 Å². The lowest BCUT2D eigenvalue weighted by Crippen LogP contribution is -2.47. The summed E-state index contributed by atoms with van der Waals surface area (Å²) in [7, 11) is 0. The summed E-state index contributed by atoms with van der Waals surface area (Å²) in [5, 5.41) is 9.05. The van der Waals surface area contributed by atoms with Crippen LogP contribution in [-0.2, 0) is 9.47 Å². The van der Waals surface area contributed by atoms with E-state index in [9.17, 15) is 0 Å². The molecule has 78 valence electrons. The lowest BCUT2D eigenvalue weighted by atomic mass is 9.93. The van der Waals surface area contributed by atoms with Crippen molar-refractivity contribution in [3.05, 3.63) is 0 Å². The van der Waals surface area contributed by atoms with Gasteiger partial charge in [-0.05, 0) is 13.8 Å². The minimum atomic E-state index is -0.499. The van der Waals surface area contributed by atoms with Gasteiger partial charge in [0.1, 0.15) is 0 Å². The number of hydrogen-bond acceptors (Lipinski definition) is 3. The number of ether oxygens (including phenoxy) is 2. The highest BCUT2D eigenvalue weighted by Crippen LogP contribution is 2.29. The molecule has 1 fully saturated rings. The van der Waals surface area contributed by atoms with Crippen LogP contribution in [0.3, 0.4) is 0 Å². The predicted octanol–water partition coefficient (Wildman–Crippen LogP) is 1.40. The van der Waals surface area contributed by atoms with Crippen molar-refractivity contribution in [2.75, 3.05) is 13.2 Å². The Balaban J connectivity index is 2.60. The van der Waals surface area contributed by atoms with Crippen molar-refractivity contribution < 1.29 is 14.6 Å². The van der Waals surface area contributed by atoms with Crippen molar-refractivity contribution >= 4 is 0 Å². The highest BCUT2D eigenvalue weighted by atomic mass is 16.7. The van der Waals surface area contributed by atoms with E-state index in [4.69, 9.17) is 14.6 Å². The van der Waals surface area contributed by atoms with Gasteiger partial charge in [0.2, 0.25) is 0 Å².